The molecule has 9 nitrogen and oxygen atoms in total. The number of ether oxygens (including phenoxy) is 1. The minimum Gasteiger partial charge on any atom is -0.464 e. The van der Waals surface area contributed by atoms with Gasteiger partial charge in [0.05, 0.1) is 11.0 Å². The van der Waals surface area contributed by atoms with Crippen LogP contribution in [-0.4, -0.2) is 46.2 Å². The second kappa shape index (κ2) is 8.34. The van der Waals surface area contributed by atoms with Gasteiger partial charge in [0, 0.05) is 11.7 Å². The van der Waals surface area contributed by atoms with E-state index in [1.165, 1.54) is 6.33 Å². The molecule has 2 heterocycles. The van der Waals surface area contributed by atoms with Gasteiger partial charge in [-0.3, -0.25) is 9.59 Å². The molecule has 2 aromatic heterocycles. The van der Waals surface area contributed by atoms with Gasteiger partial charge in [-0.15, -0.1) is 0 Å². The van der Waals surface area contributed by atoms with Crippen molar-refractivity contribution in [2.45, 2.75) is 46.1 Å². The summed E-state index contributed by atoms with van der Waals surface area (Å²) in [6.45, 7) is 5.96. The Kier molecular flexibility index (Phi) is 6.37. The SMILES string of the molecule is CCC(C)(C)C(=O)OCC(CCc1cc(C(N)=O)c2c(N)ncnn12)NC. The van der Waals surface area contributed by atoms with Gasteiger partial charge in [-0.1, -0.05) is 6.92 Å². The molecule has 0 aliphatic carbocycles. The molecule has 0 spiro atoms. The van der Waals surface area contributed by atoms with Crippen LogP contribution in [0.4, 0.5) is 5.82 Å². The van der Waals surface area contributed by atoms with Crippen molar-refractivity contribution < 1.29 is 14.3 Å². The molecule has 1 unspecified atom stereocenters. The van der Waals surface area contributed by atoms with Gasteiger partial charge in [0.25, 0.3) is 5.91 Å². The van der Waals surface area contributed by atoms with Crippen LogP contribution in [0.5, 0.6) is 0 Å². The van der Waals surface area contributed by atoms with E-state index in [0.29, 0.717) is 30.3 Å². The van der Waals surface area contributed by atoms with Crippen LogP contribution in [0.25, 0.3) is 5.52 Å². The van der Waals surface area contributed by atoms with Crippen molar-refractivity contribution in [3.05, 3.63) is 23.7 Å². The summed E-state index contributed by atoms with van der Waals surface area (Å²) in [7, 11) is 1.81. The predicted molar refractivity (Wildman–Crippen MR) is 102 cm³/mol. The molecule has 0 aromatic carbocycles. The molecule has 1 amide bonds. The third kappa shape index (κ3) is 4.54. The number of amides is 1. The molecule has 2 aromatic rings. The molecular formula is C18H28N6O3. The first-order valence-electron chi connectivity index (χ1n) is 8.96. The Bertz CT molecular complexity index is 830. The van der Waals surface area contributed by atoms with Crippen LogP contribution in [0.2, 0.25) is 0 Å². The monoisotopic (exact) mass is 376 g/mol. The maximum atomic E-state index is 12.1. The zero-order chi connectivity index (χ0) is 20.2. The minimum atomic E-state index is -0.582. The maximum Gasteiger partial charge on any atom is 0.311 e. The number of hydrogen-bond donors (Lipinski definition) is 3. The quantitative estimate of drug-likeness (QED) is 0.553. The van der Waals surface area contributed by atoms with Gasteiger partial charge in [-0.05, 0) is 46.2 Å². The van der Waals surface area contributed by atoms with E-state index in [4.69, 9.17) is 16.2 Å². The number of likely N-dealkylation sites (N-methyl/N-ethyl adjacent to an activating group) is 1. The van der Waals surface area contributed by atoms with Gasteiger partial charge >= 0.3 is 5.97 Å². The molecule has 0 bridgehead atoms. The van der Waals surface area contributed by atoms with Crippen molar-refractivity contribution in [1.29, 1.82) is 0 Å². The van der Waals surface area contributed by atoms with Gasteiger partial charge in [0.2, 0.25) is 0 Å². The Hall–Kier alpha value is -2.68. The minimum absolute atomic E-state index is 0.0385. The molecule has 27 heavy (non-hydrogen) atoms. The number of nitrogens with zero attached hydrogens (tertiary/aromatic N) is 3. The summed E-state index contributed by atoms with van der Waals surface area (Å²) in [5.74, 6) is -0.595. The van der Waals surface area contributed by atoms with Gasteiger partial charge in [-0.2, -0.15) is 5.10 Å². The molecule has 0 fully saturated rings. The number of carbonyl (C=O) groups is 2. The first kappa shape index (κ1) is 20.6. The number of primary amides is 1. The lowest BCUT2D eigenvalue weighted by atomic mass is 9.91. The van der Waals surface area contributed by atoms with Crippen LogP contribution in [0.15, 0.2) is 12.4 Å². The van der Waals surface area contributed by atoms with Crippen molar-refractivity contribution in [3.63, 3.8) is 0 Å². The zero-order valence-corrected chi connectivity index (χ0v) is 16.3. The molecule has 148 valence electrons. The van der Waals surface area contributed by atoms with Crippen molar-refractivity contribution in [2.75, 3.05) is 19.4 Å². The third-order valence-electron chi connectivity index (χ3n) is 4.93. The highest BCUT2D eigenvalue weighted by atomic mass is 16.5. The van der Waals surface area contributed by atoms with E-state index < -0.39 is 11.3 Å². The number of fused-ring (bicyclic) bond motifs is 1. The first-order chi connectivity index (χ1) is 12.7. The third-order valence-corrected chi connectivity index (χ3v) is 4.93. The molecular weight excluding hydrogens is 348 g/mol. The van der Waals surface area contributed by atoms with Gasteiger partial charge in [0.15, 0.2) is 5.82 Å². The Labute approximate surface area is 158 Å². The predicted octanol–water partition coefficient (Wildman–Crippen LogP) is 0.910. The zero-order valence-electron chi connectivity index (χ0n) is 16.3. The van der Waals surface area contributed by atoms with Gasteiger partial charge in [-0.25, -0.2) is 9.50 Å². The summed E-state index contributed by atoms with van der Waals surface area (Å²) in [6.07, 6.45) is 3.31. The van der Waals surface area contributed by atoms with Crippen molar-refractivity contribution in [1.82, 2.24) is 19.9 Å². The highest BCUT2D eigenvalue weighted by Crippen LogP contribution is 2.23. The average Bonchev–Trinajstić information content (AvgIpc) is 3.02. The number of nitrogen functional groups attached to an aromatic ring is 1. The van der Waals surface area contributed by atoms with E-state index in [1.54, 1.807) is 10.6 Å². The summed E-state index contributed by atoms with van der Waals surface area (Å²) >= 11 is 0. The number of aryl methyl sites for hydroxylation is 1. The second-order valence-corrected chi connectivity index (χ2v) is 7.18. The molecule has 0 aliphatic heterocycles. The Morgan fingerprint density at radius 1 is 1.41 bits per heavy atom. The Morgan fingerprint density at radius 3 is 2.70 bits per heavy atom. The summed E-state index contributed by atoms with van der Waals surface area (Å²) < 4.78 is 7.05. The van der Waals surface area contributed by atoms with E-state index in [0.717, 1.165) is 5.69 Å². The first-order valence-corrected chi connectivity index (χ1v) is 8.96. The highest BCUT2D eigenvalue weighted by Gasteiger charge is 2.27. The lowest BCUT2D eigenvalue weighted by Gasteiger charge is -2.23. The fraction of sp³-hybridized carbons (Fsp3) is 0.556. The number of aromatic nitrogens is 3. The Morgan fingerprint density at radius 2 is 2.11 bits per heavy atom. The normalized spacial score (nSPS) is 12.9. The van der Waals surface area contributed by atoms with E-state index in [1.807, 2.05) is 27.8 Å². The topological polar surface area (TPSA) is 138 Å². The van der Waals surface area contributed by atoms with E-state index in [-0.39, 0.29) is 24.4 Å². The fourth-order valence-corrected chi connectivity index (χ4v) is 2.65. The Balaban J connectivity index is 2.10. The van der Waals surface area contributed by atoms with Gasteiger partial charge in [0.1, 0.15) is 18.5 Å². The molecule has 9 heteroatoms. The molecule has 0 saturated carbocycles. The van der Waals surface area contributed by atoms with E-state index >= 15 is 0 Å². The average molecular weight is 376 g/mol. The number of nitrogens with two attached hydrogens (primary N) is 2. The van der Waals surface area contributed by atoms with Crippen LogP contribution in [0.3, 0.4) is 0 Å². The summed E-state index contributed by atoms with van der Waals surface area (Å²) in [4.78, 5) is 27.8. The number of rotatable bonds is 9. The number of nitrogens with one attached hydrogen (secondary N) is 1. The maximum absolute atomic E-state index is 12.1. The smallest absolute Gasteiger partial charge is 0.311 e. The lowest BCUT2D eigenvalue weighted by molar-refractivity contribution is -0.154. The molecule has 0 radical (unpaired) electrons. The molecule has 0 saturated heterocycles. The number of carbonyl (C=O) groups excluding carboxylic acids is 2. The standard InChI is InChI=1S/C18H28N6O3/c1-5-18(2,3)17(26)27-9-11(21-4)6-7-12-8-13(16(20)25)14-15(19)22-10-23-24(12)14/h8,10-11,21H,5-7,9H2,1-4H3,(H2,20,25)(H2,19,22,23). The van der Waals surface area contributed by atoms with Crippen LogP contribution >= 0.6 is 0 Å². The largest absolute Gasteiger partial charge is 0.464 e. The molecule has 5 N–H and O–H groups in total. The number of anilines is 1. The van der Waals surface area contributed by atoms with Crippen molar-refractivity contribution in [3.8, 4) is 0 Å². The van der Waals surface area contributed by atoms with Crippen molar-refractivity contribution >= 4 is 23.2 Å². The second-order valence-electron chi connectivity index (χ2n) is 7.18. The van der Waals surface area contributed by atoms with Crippen LogP contribution in [0, 0.1) is 5.41 Å². The summed E-state index contributed by atoms with van der Waals surface area (Å²) in [5, 5.41) is 7.33. The summed E-state index contributed by atoms with van der Waals surface area (Å²) in [6, 6.07) is 1.64. The molecule has 0 aliphatic rings. The summed E-state index contributed by atoms with van der Waals surface area (Å²) in [5.41, 5.74) is 12.3. The van der Waals surface area contributed by atoms with Crippen LogP contribution in [0.1, 0.15) is 49.7 Å². The molecule has 2 rings (SSSR count). The highest BCUT2D eigenvalue weighted by molar-refractivity contribution is 6.02. The fourth-order valence-electron chi connectivity index (χ4n) is 2.65. The van der Waals surface area contributed by atoms with E-state index in [9.17, 15) is 9.59 Å². The molecule has 1 atom stereocenters. The number of hydrogen-bond acceptors (Lipinski definition) is 7. The number of esters is 1. The van der Waals surface area contributed by atoms with Crippen LogP contribution < -0.4 is 16.8 Å². The lowest BCUT2D eigenvalue weighted by Crippen LogP contribution is -2.35. The van der Waals surface area contributed by atoms with Crippen LogP contribution in [-0.2, 0) is 16.0 Å². The van der Waals surface area contributed by atoms with Crippen molar-refractivity contribution in [2.24, 2.45) is 11.1 Å². The van der Waals surface area contributed by atoms with Gasteiger partial charge < -0.3 is 21.5 Å². The van der Waals surface area contributed by atoms with E-state index in [2.05, 4.69) is 15.4 Å².